The number of hydrogen-bond donors (Lipinski definition) is 2. The molecule has 0 aromatic heterocycles. The van der Waals surface area contributed by atoms with Crippen molar-refractivity contribution in [3.05, 3.63) is 65.7 Å². The van der Waals surface area contributed by atoms with Crippen molar-refractivity contribution in [2.75, 3.05) is 5.32 Å². The lowest BCUT2D eigenvalue weighted by Crippen LogP contribution is -2.15. The molecule has 0 aliphatic carbocycles. The SMILES string of the molecule is CC(C)OCc1cccc(NC(=O)CC(O)c2ccccc2)c1. The first-order valence-electron chi connectivity index (χ1n) is 7.78. The van der Waals surface area contributed by atoms with Gasteiger partial charge in [0, 0.05) is 5.69 Å². The molecule has 2 aromatic carbocycles. The molecule has 1 amide bonds. The summed E-state index contributed by atoms with van der Waals surface area (Å²) in [5.74, 6) is -0.219. The summed E-state index contributed by atoms with van der Waals surface area (Å²) in [4.78, 5) is 12.1. The van der Waals surface area contributed by atoms with Gasteiger partial charge in [-0.2, -0.15) is 0 Å². The lowest BCUT2D eigenvalue weighted by Gasteiger charge is -2.12. The first-order chi connectivity index (χ1) is 11.0. The van der Waals surface area contributed by atoms with Crippen LogP contribution in [-0.4, -0.2) is 17.1 Å². The Kier molecular flexibility index (Phi) is 6.32. The van der Waals surface area contributed by atoms with Crippen LogP contribution in [0.1, 0.15) is 37.5 Å². The number of amides is 1. The molecule has 0 saturated heterocycles. The third kappa shape index (κ3) is 5.85. The first kappa shape index (κ1) is 17.2. The van der Waals surface area contributed by atoms with Crippen molar-refractivity contribution in [3.8, 4) is 0 Å². The van der Waals surface area contributed by atoms with Crippen LogP contribution in [0.25, 0.3) is 0 Å². The highest BCUT2D eigenvalue weighted by Crippen LogP contribution is 2.18. The zero-order valence-corrected chi connectivity index (χ0v) is 13.5. The van der Waals surface area contributed by atoms with E-state index in [1.807, 2.05) is 68.4 Å². The number of aliphatic hydroxyl groups is 1. The molecular weight excluding hydrogens is 290 g/mol. The molecule has 2 aromatic rings. The van der Waals surface area contributed by atoms with Gasteiger partial charge in [0.1, 0.15) is 0 Å². The van der Waals surface area contributed by atoms with Crippen LogP contribution in [0.4, 0.5) is 5.69 Å². The molecular formula is C19H23NO3. The second-order valence-electron chi connectivity index (χ2n) is 5.74. The Hall–Kier alpha value is -2.17. The van der Waals surface area contributed by atoms with Crippen LogP contribution in [0.5, 0.6) is 0 Å². The van der Waals surface area contributed by atoms with Crippen molar-refractivity contribution in [3.63, 3.8) is 0 Å². The van der Waals surface area contributed by atoms with Crippen LogP contribution < -0.4 is 5.32 Å². The monoisotopic (exact) mass is 313 g/mol. The maximum absolute atomic E-state index is 12.1. The molecule has 4 nitrogen and oxygen atoms in total. The van der Waals surface area contributed by atoms with E-state index in [4.69, 9.17) is 4.74 Å². The highest BCUT2D eigenvalue weighted by Gasteiger charge is 2.13. The highest BCUT2D eigenvalue weighted by atomic mass is 16.5. The van der Waals surface area contributed by atoms with E-state index in [2.05, 4.69) is 5.32 Å². The van der Waals surface area contributed by atoms with Gasteiger partial charge in [0.15, 0.2) is 0 Å². The fourth-order valence-electron chi connectivity index (χ4n) is 2.18. The molecule has 0 radical (unpaired) electrons. The summed E-state index contributed by atoms with van der Waals surface area (Å²) in [5.41, 5.74) is 2.45. The smallest absolute Gasteiger partial charge is 0.227 e. The number of carbonyl (C=O) groups is 1. The molecule has 0 fully saturated rings. The number of nitrogens with one attached hydrogen (secondary N) is 1. The van der Waals surface area contributed by atoms with E-state index in [1.54, 1.807) is 0 Å². The van der Waals surface area contributed by atoms with Gasteiger partial charge in [-0.3, -0.25) is 4.79 Å². The molecule has 2 rings (SSSR count). The predicted molar refractivity (Wildman–Crippen MR) is 91.0 cm³/mol. The lowest BCUT2D eigenvalue weighted by atomic mass is 10.1. The van der Waals surface area contributed by atoms with Crippen molar-refractivity contribution in [1.29, 1.82) is 0 Å². The van der Waals surface area contributed by atoms with Crippen LogP contribution in [0.2, 0.25) is 0 Å². The summed E-state index contributed by atoms with van der Waals surface area (Å²) >= 11 is 0. The number of ether oxygens (including phenoxy) is 1. The van der Waals surface area contributed by atoms with Gasteiger partial charge in [-0.05, 0) is 37.1 Å². The molecule has 0 aliphatic heterocycles. The molecule has 23 heavy (non-hydrogen) atoms. The van der Waals surface area contributed by atoms with Gasteiger partial charge < -0.3 is 15.2 Å². The van der Waals surface area contributed by atoms with Crippen LogP contribution in [0, 0.1) is 0 Å². The maximum atomic E-state index is 12.1. The van der Waals surface area contributed by atoms with E-state index >= 15 is 0 Å². The Bertz CT molecular complexity index is 626. The van der Waals surface area contributed by atoms with E-state index in [0.29, 0.717) is 12.3 Å². The van der Waals surface area contributed by atoms with E-state index < -0.39 is 6.10 Å². The van der Waals surface area contributed by atoms with Crippen molar-refractivity contribution in [2.45, 2.75) is 39.1 Å². The minimum Gasteiger partial charge on any atom is -0.388 e. The highest BCUT2D eigenvalue weighted by molar-refractivity contribution is 5.91. The Labute approximate surface area is 137 Å². The Balaban J connectivity index is 1.91. The fraction of sp³-hybridized carbons (Fsp3) is 0.316. The van der Waals surface area contributed by atoms with Gasteiger partial charge in [-0.1, -0.05) is 42.5 Å². The standard InChI is InChI=1S/C19H23NO3/c1-14(2)23-13-15-7-6-10-17(11-15)20-19(22)12-18(21)16-8-4-3-5-9-16/h3-11,14,18,21H,12-13H2,1-2H3,(H,20,22). The summed E-state index contributed by atoms with van der Waals surface area (Å²) in [6.45, 7) is 4.47. The lowest BCUT2D eigenvalue weighted by molar-refractivity contribution is -0.118. The average molecular weight is 313 g/mol. The molecule has 0 heterocycles. The van der Waals surface area contributed by atoms with Gasteiger partial charge in [-0.25, -0.2) is 0 Å². The molecule has 0 spiro atoms. The molecule has 1 unspecified atom stereocenters. The van der Waals surface area contributed by atoms with Crippen molar-refractivity contribution < 1.29 is 14.6 Å². The molecule has 4 heteroatoms. The summed E-state index contributed by atoms with van der Waals surface area (Å²) < 4.78 is 5.56. The quantitative estimate of drug-likeness (QED) is 0.820. The first-order valence-corrected chi connectivity index (χ1v) is 7.78. The Morgan fingerprint density at radius 1 is 1.13 bits per heavy atom. The maximum Gasteiger partial charge on any atom is 0.227 e. The number of rotatable bonds is 7. The van der Waals surface area contributed by atoms with Crippen molar-refractivity contribution in [2.24, 2.45) is 0 Å². The zero-order chi connectivity index (χ0) is 16.7. The summed E-state index contributed by atoms with van der Waals surface area (Å²) in [5, 5.41) is 12.9. The Morgan fingerprint density at radius 2 is 1.87 bits per heavy atom. The number of aliphatic hydroxyl groups excluding tert-OH is 1. The Morgan fingerprint density at radius 3 is 2.57 bits per heavy atom. The molecule has 122 valence electrons. The van der Waals surface area contributed by atoms with E-state index in [1.165, 1.54) is 0 Å². The van der Waals surface area contributed by atoms with Crippen LogP contribution in [0.3, 0.4) is 0 Å². The number of carbonyl (C=O) groups excluding carboxylic acids is 1. The van der Waals surface area contributed by atoms with Crippen LogP contribution in [0.15, 0.2) is 54.6 Å². The molecule has 2 N–H and O–H groups in total. The van der Waals surface area contributed by atoms with E-state index in [0.717, 1.165) is 11.1 Å². The third-order valence-electron chi connectivity index (χ3n) is 3.36. The van der Waals surface area contributed by atoms with E-state index in [-0.39, 0.29) is 18.4 Å². The van der Waals surface area contributed by atoms with E-state index in [9.17, 15) is 9.90 Å². The topological polar surface area (TPSA) is 58.6 Å². The fourth-order valence-corrected chi connectivity index (χ4v) is 2.18. The second-order valence-corrected chi connectivity index (χ2v) is 5.74. The van der Waals surface area contributed by atoms with Gasteiger partial charge in [0.2, 0.25) is 5.91 Å². The summed E-state index contributed by atoms with van der Waals surface area (Å²) in [7, 11) is 0. The molecule has 0 bridgehead atoms. The van der Waals surface area contributed by atoms with Gasteiger partial charge >= 0.3 is 0 Å². The number of anilines is 1. The normalized spacial score (nSPS) is 12.2. The van der Waals surface area contributed by atoms with Crippen molar-refractivity contribution in [1.82, 2.24) is 0 Å². The summed E-state index contributed by atoms with van der Waals surface area (Å²) in [6.07, 6.45) is -0.616. The predicted octanol–water partition coefficient (Wildman–Crippen LogP) is 3.67. The minimum absolute atomic E-state index is 0.0245. The second kappa shape index (κ2) is 8.46. The number of benzene rings is 2. The van der Waals surface area contributed by atoms with Crippen LogP contribution in [-0.2, 0) is 16.1 Å². The largest absolute Gasteiger partial charge is 0.388 e. The number of hydrogen-bond acceptors (Lipinski definition) is 3. The van der Waals surface area contributed by atoms with Gasteiger partial charge in [0.05, 0.1) is 25.2 Å². The van der Waals surface area contributed by atoms with Gasteiger partial charge in [0.25, 0.3) is 0 Å². The molecule has 0 saturated carbocycles. The zero-order valence-electron chi connectivity index (χ0n) is 13.5. The molecule has 0 aliphatic rings. The van der Waals surface area contributed by atoms with Crippen LogP contribution >= 0.6 is 0 Å². The average Bonchev–Trinajstić information content (AvgIpc) is 2.54. The van der Waals surface area contributed by atoms with Gasteiger partial charge in [-0.15, -0.1) is 0 Å². The summed E-state index contributed by atoms with van der Waals surface area (Å²) in [6, 6.07) is 16.7. The molecule has 1 atom stereocenters. The third-order valence-corrected chi connectivity index (χ3v) is 3.36. The minimum atomic E-state index is -0.802. The van der Waals surface area contributed by atoms with Crippen molar-refractivity contribution >= 4 is 11.6 Å².